The predicted molar refractivity (Wildman–Crippen MR) is 84.1 cm³/mol. The fourth-order valence-electron chi connectivity index (χ4n) is 2.61. The second-order valence-electron chi connectivity index (χ2n) is 5.23. The molecule has 1 aliphatic carbocycles. The highest BCUT2D eigenvalue weighted by Crippen LogP contribution is 2.25. The van der Waals surface area contributed by atoms with Gasteiger partial charge in [0, 0.05) is 24.0 Å². The molecule has 0 radical (unpaired) electrons. The Labute approximate surface area is 129 Å². The molecule has 2 amide bonds. The van der Waals surface area contributed by atoms with Crippen LogP contribution in [0.5, 0.6) is 0 Å². The van der Waals surface area contributed by atoms with Crippen molar-refractivity contribution in [2.75, 3.05) is 18.4 Å². The minimum absolute atomic E-state index is 0.0565. The number of rotatable bonds is 6. The van der Waals surface area contributed by atoms with Gasteiger partial charge < -0.3 is 10.2 Å². The third-order valence-electron chi connectivity index (χ3n) is 3.63. The van der Waals surface area contributed by atoms with Crippen LogP contribution in [-0.2, 0) is 9.59 Å². The Bertz CT molecular complexity index is 481. The Kier molecular flexibility index (Phi) is 5.92. The molecule has 0 aliphatic heterocycles. The number of nitrogens with zero attached hydrogens (tertiary/aromatic N) is 2. The fourth-order valence-corrected chi connectivity index (χ4v) is 3.16. The maximum absolute atomic E-state index is 12.5. The van der Waals surface area contributed by atoms with Gasteiger partial charge in [-0.05, 0) is 12.8 Å². The molecule has 1 fully saturated rings. The van der Waals surface area contributed by atoms with Crippen LogP contribution in [-0.4, -0.2) is 34.8 Å². The Balaban J connectivity index is 1.92. The SMILES string of the molecule is C=CCN(CC(=O)Nc1nccs1)C(=O)C1CCCCC1. The molecule has 2 rings (SSSR count). The van der Waals surface area contributed by atoms with Crippen LogP contribution in [0, 0.1) is 5.92 Å². The van der Waals surface area contributed by atoms with E-state index in [0.717, 1.165) is 25.7 Å². The van der Waals surface area contributed by atoms with Crippen LogP contribution in [0.15, 0.2) is 24.2 Å². The minimum atomic E-state index is -0.212. The first kappa shape index (κ1) is 15.7. The topological polar surface area (TPSA) is 62.3 Å². The van der Waals surface area contributed by atoms with Crippen molar-refractivity contribution >= 4 is 28.3 Å². The van der Waals surface area contributed by atoms with E-state index in [-0.39, 0.29) is 24.3 Å². The maximum Gasteiger partial charge on any atom is 0.245 e. The van der Waals surface area contributed by atoms with Gasteiger partial charge in [0.25, 0.3) is 0 Å². The lowest BCUT2D eigenvalue weighted by Crippen LogP contribution is -2.41. The summed E-state index contributed by atoms with van der Waals surface area (Å²) >= 11 is 1.36. The van der Waals surface area contributed by atoms with E-state index < -0.39 is 0 Å². The average Bonchev–Trinajstić information content (AvgIpc) is 3.00. The zero-order valence-electron chi connectivity index (χ0n) is 12.1. The Hall–Kier alpha value is -1.69. The van der Waals surface area contributed by atoms with E-state index in [1.54, 1.807) is 22.6 Å². The van der Waals surface area contributed by atoms with Crippen molar-refractivity contribution in [2.45, 2.75) is 32.1 Å². The largest absolute Gasteiger partial charge is 0.329 e. The van der Waals surface area contributed by atoms with E-state index in [1.807, 2.05) is 0 Å². The number of anilines is 1. The lowest BCUT2D eigenvalue weighted by Gasteiger charge is -2.28. The van der Waals surface area contributed by atoms with E-state index >= 15 is 0 Å². The maximum atomic E-state index is 12.5. The summed E-state index contributed by atoms with van der Waals surface area (Å²) in [6.07, 6.45) is 8.57. The first-order valence-corrected chi connectivity index (χ1v) is 8.17. The second-order valence-corrected chi connectivity index (χ2v) is 6.12. The van der Waals surface area contributed by atoms with Crippen LogP contribution in [0.1, 0.15) is 32.1 Å². The molecule has 0 aromatic carbocycles. The van der Waals surface area contributed by atoms with Crippen LogP contribution in [0.25, 0.3) is 0 Å². The molecular weight excluding hydrogens is 286 g/mol. The van der Waals surface area contributed by atoms with Gasteiger partial charge in [0.1, 0.15) is 6.54 Å². The summed E-state index contributed by atoms with van der Waals surface area (Å²) in [5.74, 6) is -0.0776. The van der Waals surface area contributed by atoms with E-state index in [2.05, 4.69) is 16.9 Å². The summed E-state index contributed by atoms with van der Waals surface area (Å²) in [6.45, 7) is 4.14. The first-order chi connectivity index (χ1) is 10.2. The highest BCUT2D eigenvalue weighted by atomic mass is 32.1. The van der Waals surface area contributed by atoms with Crippen molar-refractivity contribution in [3.05, 3.63) is 24.2 Å². The molecule has 1 saturated carbocycles. The molecule has 6 heteroatoms. The van der Waals surface area contributed by atoms with Gasteiger partial charge in [-0.25, -0.2) is 4.98 Å². The van der Waals surface area contributed by atoms with Crippen molar-refractivity contribution in [1.29, 1.82) is 0 Å². The molecule has 0 unspecified atom stereocenters. The van der Waals surface area contributed by atoms with Crippen molar-refractivity contribution < 1.29 is 9.59 Å². The number of hydrogen-bond donors (Lipinski definition) is 1. The quantitative estimate of drug-likeness (QED) is 0.822. The highest BCUT2D eigenvalue weighted by Gasteiger charge is 2.26. The summed E-state index contributed by atoms with van der Waals surface area (Å²) in [4.78, 5) is 30.1. The molecule has 0 spiro atoms. The van der Waals surface area contributed by atoms with Crippen LogP contribution < -0.4 is 5.32 Å². The fraction of sp³-hybridized carbons (Fsp3) is 0.533. The van der Waals surface area contributed by atoms with Gasteiger partial charge in [-0.1, -0.05) is 25.3 Å². The third kappa shape index (κ3) is 4.67. The average molecular weight is 307 g/mol. The number of carbonyl (C=O) groups excluding carboxylic acids is 2. The van der Waals surface area contributed by atoms with E-state index in [1.165, 1.54) is 17.8 Å². The zero-order valence-corrected chi connectivity index (χ0v) is 12.9. The number of amides is 2. The number of hydrogen-bond acceptors (Lipinski definition) is 4. The number of thiazole rings is 1. The van der Waals surface area contributed by atoms with E-state index in [4.69, 9.17) is 0 Å². The molecule has 5 nitrogen and oxygen atoms in total. The molecule has 0 atom stereocenters. The minimum Gasteiger partial charge on any atom is -0.329 e. The second kappa shape index (κ2) is 7.93. The molecule has 114 valence electrons. The molecule has 0 bridgehead atoms. The standard InChI is InChI=1S/C15H21N3O2S/c1-2-9-18(14(20)12-6-4-3-5-7-12)11-13(19)17-15-16-8-10-21-15/h2,8,10,12H,1,3-7,9,11H2,(H,16,17,19). The van der Waals surface area contributed by atoms with Gasteiger partial charge >= 0.3 is 0 Å². The van der Waals surface area contributed by atoms with Gasteiger partial charge in [0.05, 0.1) is 0 Å². The van der Waals surface area contributed by atoms with E-state index in [9.17, 15) is 9.59 Å². The molecule has 21 heavy (non-hydrogen) atoms. The Morgan fingerprint density at radius 1 is 1.43 bits per heavy atom. The number of carbonyl (C=O) groups is 2. The highest BCUT2D eigenvalue weighted by molar-refractivity contribution is 7.13. The summed E-state index contributed by atoms with van der Waals surface area (Å²) < 4.78 is 0. The number of nitrogens with one attached hydrogen (secondary N) is 1. The monoisotopic (exact) mass is 307 g/mol. The molecule has 1 aromatic rings. The van der Waals surface area contributed by atoms with Gasteiger partial charge in [0.2, 0.25) is 11.8 Å². The Morgan fingerprint density at radius 3 is 2.81 bits per heavy atom. The van der Waals surface area contributed by atoms with Gasteiger partial charge in [-0.2, -0.15) is 0 Å². The smallest absolute Gasteiger partial charge is 0.245 e. The van der Waals surface area contributed by atoms with Crippen LogP contribution in [0.4, 0.5) is 5.13 Å². The first-order valence-electron chi connectivity index (χ1n) is 7.29. The van der Waals surface area contributed by atoms with Crippen LogP contribution in [0.2, 0.25) is 0 Å². The van der Waals surface area contributed by atoms with Gasteiger partial charge in [-0.3, -0.25) is 9.59 Å². The lowest BCUT2D eigenvalue weighted by atomic mass is 9.88. The zero-order chi connectivity index (χ0) is 15.1. The predicted octanol–water partition coefficient (Wildman–Crippen LogP) is 2.68. The molecule has 1 aromatic heterocycles. The number of aromatic nitrogens is 1. The lowest BCUT2D eigenvalue weighted by molar-refractivity contribution is -0.138. The van der Waals surface area contributed by atoms with Crippen LogP contribution >= 0.6 is 11.3 Å². The summed E-state index contributed by atoms with van der Waals surface area (Å²) in [7, 11) is 0. The third-order valence-corrected chi connectivity index (χ3v) is 4.32. The van der Waals surface area contributed by atoms with E-state index in [0.29, 0.717) is 11.7 Å². The molecular formula is C15H21N3O2S. The van der Waals surface area contributed by atoms with Crippen molar-refractivity contribution in [2.24, 2.45) is 5.92 Å². The summed E-state index contributed by atoms with van der Waals surface area (Å²) in [6, 6.07) is 0. The molecule has 1 heterocycles. The summed E-state index contributed by atoms with van der Waals surface area (Å²) in [5.41, 5.74) is 0. The summed E-state index contributed by atoms with van der Waals surface area (Å²) in [5, 5.41) is 5.06. The Morgan fingerprint density at radius 2 is 2.19 bits per heavy atom. The van der Waals surface area contributed by atoms with Gasteiger partial charge in [0.15, 0.2) is 5.13 Å². The van der Waals surface area contributed by atoms with Crippen molar-refractivity contribution in [1.82, 2.24) is 9.88 Å². The molecule has 1 N–H and O–H groups in total. The molecule has 1 aliphatic rings. The van der Waals surface area contributed by atoms with Gasteiger partial charge in [-0.15, -0.1) is 17.9 Å². The van der Waals surface area contributed by atoms with Crippen LogP contribution in [0.3, 0.4) is 0 Å². The van der Waals surface area contributed by atoms with Crippen molar-refractivity contribution in [3.63, 3.8) is 0 Å². The normalized spacial score (nSPS) is 15.4. The molecule has 0 saturated heterocycles. The van der Waals surface area contributed by atoms with Crippen molar-refractivity contribution in [3.8, 4) is 0 Å².